The van der Waals surface area contributed by atoms with Crippen LogP contribution in [0.3, 0.4) is 0 Å². The van der Waals surface area contributed by atoms with Crippen LogP contribution in [0.1, 0.15) is 71.8 Å². The van der Waals surface area contributed by atoms with Crippen molar-refractivity contribution >= 4 is 7.60 Å². The molecular formula is C19H33O3P. The van der Waals surface area contributed by atoms with Gasteiger partial charge in [0.15, 0.2) is 0 Å². The average Bonchev–Trinajstić information content (AvgIpc) is 2.50. The van der Waals surface area contributed by atoms with Crippen molar-refractivity contribution in [3.63, 3.8) is 0 Å². The van der Waals surface area contributed by atoms with E-state index in [2.05, 4.69) is 34.6 Å². The van der Waals surface area contributed by atoms with E-state index in [4.69, 9.17) is 9.05 Å². The van der Waals surface area contributed by atoms with Crippen LogP contribution in [0.5, 0.6) is 5.75 Å². The van der Waals surface area contributed by atoms with E-state index in [1.54, 1.807) is 0 Å². The molecule has 1 aromatic rings. The molecule has 0 aliphatic carbocycles. The van der Waals surface area contributed by atoms with E-state index in [1.165, 1.54) is 0 Å². The first kappa shape index (κ1) is 20.3. The van der Waals surface area contributed by atoms with E-state index in [0.717, 1.165) is 31.2 Å². The lowest BCUT2D eigenvalue weighted by Gasteiger charge is -2.22. The summed E-state index contributed by atoms with van der Waals surface area (Å²) in [5, 5.41) is 0. The number of unbranched alkanes of at least 4 members (excludes halogenated alkanes) is 1. The minimum atomic E-state index is -3.08. The predicted octanol–water partition coefficient (Wildman–Crippen LogP) is 6.63. The molecular weight excluding hydrogens is 307 g/mol. The van der Waals surface area contributed by atoms with Crippen LogP contribution in [0.4, 0.5) is 0 Å². The maximum absolute atomic E-state index is 13.1. The van der Waals surface area contributed by atoms with Crippen molar-refractivity contribution in [2.24, 2.45) is 5.92 Å². The maximum Gasteiger partial charge on any atom is 0.379 e. The molecule has 0 amide bonds. The molecule has 0 heterocycles. The van der Waals surface area contributed by atoms with Crippen LogP contribution in [0.2, 0.25) is 0 Å². The lowest BCUT2D eigenvalue weighted by molar-refractivity contribution is 0.252. The predicted molar refractivity (Wildman–Crippen MR) is 98.6 cm³/mol. The van der Waals surface area contributed by atoms with Crippen LogP contribution in [-0.2, 0) is 9.09 Å². The Kier molecular flexibility index (Phi) is 8.94. The molecule has 0 fully saturated rings. The number of rotatable bonds is 11. The second-order valence-corrected chi connectivity index (χ2v) is 8.95. The molecule has 0 aliphatic rings. The van der Waals surface area contributed by atoms with Gasteiger partial charge in [0, 0.05) is 0 Å². The zero-order valence-electron chi connectivity index (χ0n) is 15.4. The number of hydrogen-bond donors (Lipinski definition) is 0. The van der Waals surface area contributed by atoms with Gasteiger partial charge in [0.2, 0.25) is 0 Å². The first-order valence-electron chi connectivity index (χ1n) is 8.90. The highest BCUT2D eigenvalue weighted by atomic mass is 31.2. The minimum Gasteiger partial charge on any atom is -0.424 e. The van der Waals surface area contributed by atoms with Gasteiger partial charge in [0.25, 0.3) is 0 Å². The van der Waals surface area contributed by atoms with E-state index >= 15 is 0 Å². The van der Waals surface area contributed by atoms with Gasteiger partial charge >= 0.3 is 7.60 Å². The third-order valence-electron chi connectivity index (χ3n) is 3.78. The molecule has 0 aliphatic heterocycles. The summed E-state index contributed by atoms with van der Waals surface area (Å²) in [5.74, 6) is 1.66. The summed E-state index contributed by atoms with van der Waals surface area (Å²) in [5.41, 5.74) is 1.08. The smallest absolute Gasteiger partial charge is 0.379 e. The van der Waals surface area contributed by atoms with E-state index in [1.807, 2.05) is 24.3 Å². The van der Waals surface area contributed by atoms with E-state index in [9.17, 15) is 4.57 Å². The molecule has 0 saturated heterocycles. The molecule has 0 radical (unpaired) electrons. The summed E-state index contributed by atoms with van der Waals surface area (Å²) in [7, 11) is -3.08. The summed E-state index contributed by atoms with van der Waals surface area (Å²) in [6, 6.07) is 7.83. The Morgan fingerprint density at radius 3 is 2.39 bits per heavy atom. The van der Waals surface area contributed by atoms with Crippen molar-refractivity contribution in [2.75, 3.05) is 12.8 Å². The Morgan fingerprint density at radius 1 is 1.09 bits per heavy atom. The molecule has 0 spiro atoms. The Labute approximate surface area is 142 Å². The van der Waals surface area contributed by atoms with Crippen LogP contribution in [0.15, 0.2) is 24.3 Å². The normalized spacial score (nSPS) is 14.2. The first-order valence-corrected chi connectivity index (χ1v) is 10.6. The van der Waals surface area contributed by atoms with Gasteiger partial charge in [-0.2, -0.15) is 0 Å². The molecule has 1 unspecified atom stereocenters. The van der Waals surface area contributed by atoms with Crippen molar-refractivity contribution in [3.05, 3.63) is 29.8 Å². The highest BCUT2D eigenvalue weighted by Gasteiger charge is 2.26. The summed E-state index contributed by atoms with van der Waals surface area (Å²) >= 11 is 0. The van der Waals surface area contributed by atoms with Gasteiger partial charge in [-0.15, -0.1) is 0 Å². The molecule has 0 aromatic heterocycles. The summed E-state index contributed by atoms with van der Waals surface area (Å²) in [4.78, 5) is 0. The second kappa shape index (κ2) is 10.2. The quantitative estimate of drug-likeness (QED) is 0.335. The van der Waals surface area contributed by atoms with Gasteiger partial charge in [0.1, 0.15) is 5.75 Å². The first-order chi connectivity index (χ1) is 10.9. The van der Waals surface area contributed by atoms with Crippen molar-refractivity contribution < 1.29 is 13.6 Å². The number of benzene rings is 1. The maximum atomic E-state index is 13.1. The lowest BCUT2D eigenvalue weighted by Crippen LogP contribution is -2.06. The summed E-state index contributed by atoms with van der Waals surface area (Å²) in [6.07, 6.45) is 4.32. The fraction of sp³-hybridized carbons (Fsp3) is 0.684. The van der Waals surface area contributed by atoms with Crippen molar-refractivity contribution in [1.82, 2.24) is 0 Å². The Bertz CT molecular complexity index is 497. The Balaban J connectivity index is 2.79. The molecule has 3 nitrogen and oxygen atoms in total. The molecule has 23 heavy (non-hydrogen) atoms. The van der Waals surface area contributed by atoms with Crippen molar-refractivity contribution in [3.8, 4) is 5.75 Å². The standard InChI is InChI=1S/C19H33O3P/c1-6-7-15-23(20,21-14-10-11-16(2)3)22-19-13-9-8-12-18(19)17(4)5/h8-9,12-13,16-17H,6-7,10-11,14-15H2,1-5H3. The van der Waals surface area contributed by atoms with Gasteiger partial charge in [-0.25, -0.2) is 4.57 Å². The Hall–Kier alpha value is -0.790. The minimum absolute atomic E-state index is 0.326. The van der Waals surface area contributed by atoms with Crippen LogP contribution >= 0.6 is 7.60 Å². The lowest BCUT2D eigenvalue weighted by atomic mass is 10.0. The van der Waals surface area contributed by atoms with E-state index in [0.29, 0.717) is 30.4 Å². The van der Waals surface area contributed by atoms with E-state index in [-0.39, 0.29) is 0 Å². The number of hydrogen-bond acceptors (Lipinski definition) is 3. The summed E-state index contributed by atoms with van der Waals surface area (Å²) in [6.45, 7) is 11.2. The highest BCUT2D eigenvalue weighted by Crippen LogP contribution is 2.50. The molecule has 1 atom stereocenters. The third-order valence-corrected chi connectivity index (χ3v) is 5.69. The van der Waals surface area contributed by atoms with Gasteiger partial charge in [0.05, 0.1) is 12.8 Å². The molecule has 0 bridgehead atoms. The van der Waals surface area contributed by atoms with Crippen molar-refractivity contribution in [1.29, 1.82) is 0 Å². The van der Waals surface area contributed by atoms with Crippen LogP contribution in [0, 0.1) is 5.92 Å². The van der Waals surface area contributed by atoms with Crippen LogP contribution in [-0.4, -0.2) is 12.8 Å². The monoisotopic (exact) mass is 340 g/mol. The molecule has 132 valence electrons. The molecule has 1 rings (SSSR count). The highest BCUT2D eigenvalue weighted by molar-refractivity contribution is 7.54. The SMILES string of the molecule is CCCCP(=O)(OCCCC(C)C)Oc1ccccc1C(C)C. The van der Waals surface area contributed by atoms with Gasteiger partial charge in [-0.1, -0.05) is 59.2 Å². The summed E-state index contributed by atoms with van der Waals surface area (Å²) < 4.78 is 24.8. The van der Waals surface area contributed by atoms with Crippen molar-refractivity contribution in [2.45, 2.75) is 66.2 Å². The van der Waals surface area contributed by atoms with E-state index < -0.39 is 7.60 Å². The largest absolute Gasteiger partial charge is 0.424 e. The second-order valence-electron chi connectivity index (χ2n) is 6.84. The third kappa shape index (κ3) is 7.54. The van der Waals surface area contributed by atoms with Gasteiger partial charge in [-0.05, 0) is 42.7 Å². The molecule has 4 heteroatoms. The van der Waals surface area contributed by atoms with Gasteiger partial charge < -0.3 is 4.52 Å². The molecule has 0 N–H and O–H groups in total. The van der Waals surface area contributed by atoms with Crippen LogP contribution < -0.4 is 4.52 Å². The zero-order chi connectivity index (χ0) is 17.3. The van der Waals surface area contributed by atoms with Crippen LogP contribution in [0.25, 0.3) is 0 Å². The molecule has 1 aromatic carbocycles. The topological polar surface area (TPSA) is 35.5 Å². The fourth-order valence-electron chi connectivity index (χ4n) is 2.37. The number of para-hydroxylation sites is 1. The Morgan fingerprint density at radius 2 is 1.78 bits per heavy atom. The molecule has 0 saturated carbocycles. The average molecular weight is 340 g/mol. The fourth-order valence-corrected chi connectivity index (χ4v) is 4.22. The van der Waals surface area contributed by atoms with Gasteiger partial charge in [-0.3, -0.25) is 4.52 Å². The zero-order valence-corrected chi connectivity index (χ0v) is 16.3.